The summed E-state index contributed by atoms with van der Waals surface area (Å²) in [5.41, 5.74) is -0.0999. The van der Waals surface area contributed by atoms with Crippen molar-refractivity contribution in [3.63, 3.8) is 0 Å². The highest BCUT2D eigenvalue weighted by molar-refractivity contribution is 9.11. The molecule has 2 nitrogen and oxygen atoms in total. The Hall–Kier alpha value is -0.950. The van der Waals surface area contributed by atoms with Gasteiger partial charge in [-0.1, -0.05) is 11.3 Å². The van der Waals surface area contributed by atoms with Gasteiger partial charge in [0.2, 0.25) is 0 Å². The van der Waals surface area contributed by atoms with E-state index in [1.54, 1.807) is 0 Å². The molecule has 0 saturated carbocycles. The van der Waals surface area contributed by atoms with Gasteiger partial charge in [-0.25, -0.2) is 13.2 Å². The number of benzene rings is 1. The molecule has 2 aromatic rings. The Kier molecular flexibility index (Phi) is 2.74. The van der Waals surface area contributed by atoms with E-state index in [4.69, 9.17) is 0 Å². The fourth-order valence-electron chi connectivity index (χ4n) is 1.01. The van der Waals surface area contributed by atoms with Gasteiger partial charge in [0, 0.05) is 0 Å². The van der Waals surface area contributed by atoms with Crippen LogP contribution in [-0.2, 0) is 0 Å². The lowest BCUT2D eigenvalue weighted by atomic mass is 10.2. The van der Waals surface area contributed by atoms with Gasteiger partial charge in [0.1, 0.15) is 0 Å². The lowest BCUT2D eigenvalue weighted by Gasteiger charge is -1.99. The summed E-state index contributed by atoms with van der Waals surface area (Å²) >= 11 is 4.08. The second-order valence-corrected chi connectivity index (χ2v) is 4.84. The highest BCUT2D eigenvalue weighted by Crippen LogP contribution is 2.29. The van der Waals surface area contributed by atoms with Crippen molar-refractivity contribution in [1.82, 2.24) is 10.2 Å². The average Bonchev–Trinajstić information content (AvgIpc) is 2.61. The summed E-state index contributed by atoms with van der Waals surface area (Å²) in [5, 5.41) is 7.39. The molecule has 1 heterocycles. The highest BCUT2D eigenvalue weighted by atomic mass is 79.9. The molecule has 0 aliphatic carbocycles. The fraction of sp³-hybridized carbons (Fsp3) is 0. The zero-order chi connectivity index (χ0) is 11.0. The predicted octanol–water partition coefficient (Wildman–Crippen LogP) is 3.38. The van der Waals surface area contributed by atoms with Gasteiger partial charge < -0.3 is 0 Å². The molecule has 0 aliphatic heterocycles. The average molecular weight is 295 g/mol. The Labute approximate surface area is 94.9 Å². The first-order valence-corrected chi connectivity index (χ1v) is 5.33. The summed E-state index contributed by atoms with van der Waals surface area (Å²) < 4.78 is 39.2. The minimum atomic E-state index is -1.50. The SMILES string of the molecule is Fc1ccc(-c2nnc(Br)s2)c(F)c1F. The van der Waals surface area contributed by atoms with Gasteiger partial charge in [-0.05, 0) is 28.1 Å². The van der Waals surface area contributed by atoms with Crippen molar-refractivity contribution in [3.8, 4) is 10.6 Å². The van der Waals surface area contributed by atoms with Gasteiger partial charge in [0.25, 0.3) is 0 Å². The van der Waals surface area contributed by atoms with Crippen LogP contribution in [0.4, 0.5) is 13.2 Å². The molecule has 0 amide bonds. The molecule has 0 unspecified atom stereocenters. The lowest BCUT2D eigenvalue weighted by Crippen LogP contribution is -1.93. The Balaban J connectivity index is 2.59. The summed E-state index contributed by atoms with van der Waals surface area (Å²) in [6.07, 6.45) is 0. The molecule has 0 fully saturated rings. The highest BCUT2D eigenvalue weighted by Gasteiger charge is 2.17. The normalized spacial score (nSPS) is 10.7. The van der Waals surface area contributed by atoms with E-state index in [-0.39, 0.29) is 10.6 Å². The van der Waals surface area contributed by atoms with E-state index in [1.807, 2.05) is 0 Å². The van der Waals surface area contributed by atoms with Crippen LogP contribution in [0.15, 0.2) is 16.0 Å². The van der Waals surface area contributed by atoms with E-state index in [1.165, 1.54) is 0 Å². The second-order valence-electron chi connectivity index (χ2n) is 2.58. The Morgan fingerprint density at radius 1 is 1.07 bits per heavy atom. The maximum Gasteiger partial charge on any atom is 0.195 e. The van der Waals surface area contributed by atoms with Crippen LogP contribution in [0.5, 0.6) is 0 Å². The Bertz CT molecular complexity index is 515. The van der Waals surface area contributed by atoms with Crippen LogP contribution in [0.25, 0.3) is 10.6 Å². The van der Waals surface area contributed by atoms with E-state index in [0.29, 0.717) is 3.92 Å². The first-order valence-electron chi connectivity index (χ1n) is 3.72. The maximum absolute atomic E-state index is 13.3. The van der Waals surface area contributed by atoms with Crippen molar-refractivity contribution in [1.29, 1.82) is 0 Å². The molecule has 0 aliphatic rings. The van der Waals surface area contributed by atoms with Crippen LogP contribution in [0.3, 0.4) is 0 Å². The molecule has 1 aromatic carbocycles. The molecule has 0 bridgehead atoms. The van der Waals surface area contributed by atoms with Crippen molar-refractivity contribution in [3.05, 3.63) is 33.5 Å². The van der Waals surface area contributed by atoms with E-state index in [2.05, 4.69) is 26.1 Å². The number of aromatic nitrogens is 2. The number of hydrogen-bond donors (Lipinski definition) is 0. The van der Waals surface area contributed by atoms with Crippen LogP contribution in [0.1, 0.15) is 0 Å². The van der Waals surface area contributed by atoms with Gasteiger partial charge in [0.15, 0.2) is 26.4 Å². The predicted molar refractivity (Wildman–Crippen MR) is 52.9 cm³/mol. The molecule has 2 rings (SSSR count). The number of rotatable bonds is 1. The number of halogens is 4. The van der Waals surface area contributed by atoms with Crippen LogP contribution in [-0.4, -0.2) is 10.2 Å². The monoisotopic (exact) mass is 294 g/mol. The second kappa shape index (κ2) is 3.90. The van der Waals surface area contributed by atoms with E-state index >= 15 is 0 Å². The standard InChI is InChI=1S/C8H2BrF3N2S/c9-8-14-13-7(15-8)3-1-2-4(10)6(12)5(3)11/h1-2H. The minimum absolute atomic E-state index is 0.0999. The third kappa shape index (κ3) is 1.89. The number of hydrogen-bond acceptors (Lipinski definition) is 3. The smallest absolute Gasteiger partial charge is 0.195 e. The molecule has 0 N–H and O–H groups in total. The molecule has 0 atom stereocenters. The Morgan fingerprint density at radius 2 is 1.80 bits per heavy atom. The summed E-state index contributed by atoms with van der Waals surface area (Å²) in [4.78, 5) is 0. The summed E-state index contributed by atoms with van der Waals surface area (Å²) in [7, 11) is 0. The molecule has 0 saturated heterocycles. The van der Waals surface area contributed by atoms with Gasteiger partial charge >= 0.3 is 0 Å². The summed E-state index contributed by atoms with van der Waals surface area (Å²) in [6, 6.07) is 1.98. The quantitative estimate of drug-likeness (QED) is 0.754. The van der Waals surface area contributed by atoms with Crippen LogP contribution >= 0.6 is 27.3 Å². The maximum atomic E-state index is 13.3. The zero-order valence-electron chi connectivity index (χ0n) is 6.97. The fourth-order valence-corrected chi connectivity index (χ4v) is 2.13. The van der Waals surface area contributed by atoms with Gasteiger partial charge in [0.05, 0.1) is 5.56 Å². The lowest BCUT2D eigenvalue weighted by molar-refractivity contribution is 0.449. The molecular formula is C8H2BrF3N2S. The van der Waals surface area contributed by atoms with Gasteiger partial charge in [-0.2, -0.15) is 0 Å². The third-order valence-corrected chi connectivity index (χ3v) is 3.06. The molecule has 78 valence electrons. The molecule has 1 aromatic heterocycles. The summed E-state index contributed by atoms with van der Waals surface area (Å²) in [6.45, 7) is 0. The van der Waals surface area contributed by atoms with E-state index in [0.717, 1.165) is 23.5 Å². The molecule has 0 spiro atoms. The zero-order valence-corrected chi connectivity index (χ0v) is 9.37. The minimum Gasteiger partial charge on any atom is -0.204 e. The number of nitrogens with zero attached hydrogens (tertiary/aromatic N) is 2. The van der Waals surface area contributed by atoms with Gasteiger partial charge in [-0.15, -0.1) is 10.2 Å². The van der Waals surface area contributed by atoms with E-state index in [9.17, 15) is 13.2 Å². The van der Waals surface area contributed by atoms with E-state index < -0.39 is 17.5 Å². The van der Waals surface area contributed by atoms with Crippen LogP contribution < -0.4 is 0 Å². The molecular weight excluding hydrogens is 293 g/mol. The van der Waals surface area contributed by atoms with Crippen molar-refractivity contribution in [2.45, 2.75) is 0 Å². The molecule has 0 radical (unpaired) electrons. The van der Waals surface area contributed by atoms with Gasteiger partial charge in [-0.3, -0.25) is 0 Å². The topological polar surface area (TPSA) is 25.8 Å². The van der Waals surface area contributed by atoms with Crippen LogP contribution in [0, 0.1) is 17.5 Å². The van der Waals surface area contributed by atoms with Crippen LogP contribution in [0.2, 0.25) is 0 Å². The largest absolute Gasteiger partial charge is 0.204 e. The third-order valence-electron chi connectivity index (χ3n) is 1.67. The Morgan fingerprint density at radius 3 is 2.40 bits per heavy atom. The first-order chi connectivity index (χ1) is 7.09. The van der Waals surface area contributed by atoms with Crippen molar-refractivity contribution < 1.29 is 13.2 Å². The molecule has 7 heteroatoms. The first kappa shape index (κ1) is 10.6. The van der Waals surface area contributed by atoms with Crippen molar-refractivity contribution >= 4 is 27.3 Å². The van der Waals surface area contributed by atoms with Crippen molar-refractivity contribution in [2.75, 3.05) is 0 Å². The summed E-state index contributed by atoms with van der Waals surface area (Å²) in [5.74, 6) is -3.97. The molecule has 15 heavy (non-hydrogen) atoms. The van der Waals surface area contributed by atoms with Crippen molar-refractivity contribution in [2.24, 2.45) is 0 Å².